The molecule has 1 heterocycles. The van der Waals surface area contributed by atoms with Crippen molar-refractivity contribution in [3.05, 3.63) is 29.3 Å². The number of benzene rings is 1. The molecule has 0 amide bonds. The second-order valence-electron chi connectivity index (χ2n) is 6.29. The molecular formula is C17H27NO3. The summed E-state index contributed by atoms with van der Waals surface area (Å²) in [4.78, 5) is 2.38. The third-order valence-corrected chi connectivity index (χ3v) is 3.77. The van der Waals surface area contributed by atoms with Gasteiger partial charge in [-0.3, -0.25) is 4.90 Å². The van der Waals surface area contributed by atoms with Crippen LogP contribution in [0.3, 0.4) is 0 Å². The highest BCUT2D eigenvalue weighted by Gasteiger charge is 2.27. The maximum atomic E-state index is 9.78. The third-order valence-electron chi connectivity index (χ3n) is 3.77. The van der Waals surface area contributed by atoms with E-state index in [0.717, 1.165) is 43.1 Å². The van der Waals surface area contributed by atoms with Gasteiger partial charge in [0.05, 0.1) is 24.9 Å². The molecule has 2 rings (SSSR count). The van der Waals surface area contributed by atoms with Gasteiger partial charge in [-0.1, -0.05) is 6.07 Å². The van der Waals surface area contributed by atoms with Crippen LogP contribution in [0.25, 0.3) is 0 Å². The molecule has 1 aliphatic heterocycles. The van der Waals surface area contributed by atoms with Crippen LogP contribution in [0.1, 0.15) is 44.9 Å². The van der Waals surface area contributed by atoms with E-state index in [0.29, 0.717) is 6.61 Å². The van der Waals surface area contributed by atoms with Crippen molar-refractivity contribution < 1.29 is 14.6 Å². The Hall–Kier alpha value is -1.10. The maximum absolute atomic E-state index is 9.78. The number of morpholine rings is 1. The lowest BCUT2D eigenvalue weighted by atomic mass is 10.0. The zero-order valence-electron chi connectivity index (χ0n) is 13.6. The van der Waals surface area contributed by atoms with E-state index in [2.05, 4.69) is 24.8 Å². The van der Waals surface area contributed by atoms with Crippen LogP contribution in [0.2, 0.25) is 0 Å². The van der Waals surface area contributed by atoms with E-state index in [9.17, 15) is 5.11 Å². The first kappa shape index (κ1) is 16.3. The Bertz CT molecular complexity index is 471. The summed E-state index contributed by atoms with van der Waals surface area (Å²) < 4.78 is 11.5. The van der Waals surface area contributed by atoms with Gasteiger partial charge in [0.2, 0.25) is 0 Å². The Labute approximate surface area is 127 Å². The lowest BCUT2D eigenvalue weighted by Crippen LogP contribution is -2.47. The van der Waals surface area contributed by atoms with Gasteiger partial charge in [-0.2, -0.15) is 0 Å². The average Bonchev–Trinajstić information content (AvgIpc) is 2.39. The number of hydrogen-bond acceptors (Lipinski definition) is 4. The molecule has 1 N–H and O–H groups in total. The van der Waals surface area contributed by atoms with Gasteiger partial charge in [-0.15, -0.1) is 0 Å². The molecule has 4 heteroatoms. The van der Waals surface area contributed by atoms with Crippen LogP contribution in [-0.2, 0) is 11.3 Å². The molecule has 21 heavy (non-hydrogen) atoms. The third kappa shape index (κ3) is 4.43. The van der Waals surface area contributed by atoms with Crippen molar-refractivity contribution in [2.45, 2.75) is 45.9 Å². The molecule has 0 spiro atoms. The van der Waals surface area contributed by atoms with Crippen molar-refractivity contribution in [1.29, 1.82) is 0 Å². The summed E-state index contributed by atoms with van der Waals surface area (Å²) in [5, 5.41) is 9.78. The van der Waals surface area contributed by atoms with Crippen LogP contribution in [0, 0.1) is 0 Å². The summed E-state index contributed by atoms with van der Waals surface area (Å²) in [5.41, 5.74) is 1.96. The average molecular weight is 293 g/mol. The second kappa shape index (κ2) is 6.77. The molecule has 1 aliphatic rings. The minimum atomic E-state index is -0.458. The van der Waals surface area contributed by atoms with Crippen LogP contribution in [0.5, 0.6) is 5.75 Å². The van der Waals surface area contributed by atoms with Crippen LogP contribution >= 0.6 is 0 Å². The molecule has 1 fully saturated rings. The summed E-state index contributed by atoms with van der Waals surface area (Å²) in [7, 11) is 0. The minimum absolute atomic E-state index is 0.105. The van der Waals surface area contributed by atoms with Crippen molar-refractivity contribution in [3.8, 4) is 5.75 Å². The number of rotatable bonds is 5. The van der Waals surface area contributed by atoms with E-state index in [-0.39, 0.29) is 5.60 Å². The van der Waals surface area contributed by atoms with E-state index < -0.39 is 6.10 Å². The fourth-order valence-corrected chi connectivity index (χ4v) is 2.77. The van der Waals surface area contributed by atoms with Crippen molar-refractivity contribution in [3.63, 3.8) is 0 Å². The summed E-state index contributed by atoms with van der Waals surface area (Å²) >= 11 is 0. The minimum Gasteiger partial charge on any atom is -0.494 e. The molecule has 4 nitrogen and oxygen atoms in total. The van der Waals surface area contributed by atoms with Crippen LogP contribution in [0.15, 0.2) is 18.2 Å². The number of aliphatic hydroxyl groups is 1. The summed E-state index contributed by atoms with van der Waals surface area (Å²) in [6.07, 6.45) is -0.458. The van der Waals surface area contributed by atoms with E-state index in [1.54, 1.807) is 6.92 Å². The molecule has 0 aromatic heterocycles. The first-order valence-electron chi connectivity index (χ1n) is 7.71. The highest BCUT2D eigenvalue weighted by atomic mass is 16.5. The van der Waals surface area contributed by atoms with Gasteiger partial charge in [0.25, 0.3) is 0 Å². The summed E-state index contributed by atoms with van der Waals surface area (Å²) in [6.45, 7) is 12.1. The van der Waals surface area contributed by atoms with Gasteiger partial charge in [-0.05, 0) is 45.4 Å². The zero-order chi connectivity index (χ0) is 15.5. The zero-order valence-corrected chi connectivity index (χ0v) is 13.6. The topological polar surface area (TPSA) is 41.9 Å². The molecule has 0 radical (unpaired) electrons. The van der Waals surface area contributed by atoms with Crippen molar-refractivity contribution >= 4 is 0 Å². The fourth-order valence-electron chi connectivity index (χ4n) is 2.77. The smallest absolute Gasteiger partial charge is 0.123 e. The van der Waals surface area contributed by atoms with Gasteiger partial charge < -0.3 is 14.6 Å². The van der Waals surface area contributed by atoms with Gasteiger partial charge in [0.15, 0.2) is 0 Å². The second-order valence-corrected chi connectivity index (χ2v) is 6.29. The molecule has 1 aromatic carbocycles. The van der Waals surface area contributed by atoms with Gasteiger partial charge in [0.1, 0.15) is 5.75 Å². The molecule has 118 valence electrons. The Morgan fingerprint density at radius 2 is 2.19 bits per heavy atom. The summed E-state index contributed by atoms with van der Waals surface area (Å²) in [5.74, 6) is 0.909. The van der Waals surface area contributed by atoms with E-state index in [1.165, 1.54) is 0 Å². The molecule has 1 aromatic rings. The Morgan fingerprint density at radius 1 is 1.43 bits per heavy atom. The molecule has 1 atom stereocenters. The number of ether oxygens (including phenoxy) is 2. The normalized spacial score (nSPS) is 20.2. The first-order chi connectivity index (χ1) is 9.91. The Kier molecular flexibility index (Phi) is 5.25. The van der Waals surface area contributed by atoms with Gasteiger partial charge >= 0.3 is 0 Å². The molecular weight excluding hydrogens is 266 g/mol. The molecule has 1 saturated heterocycles. The molecule has 0 bridgehead atoms. The number of aliphatic hydroxyl groups excluding tert-OH is 1. The van der Waals surface area contributed by atoms with Crippen LogP contribution in [-0.4, -0.2) is 41.9 Å². The maximum Gasteiger partial charge on any atom is 0.123 e. The molecule has 0 saturated carbocycles. The van der Waals surface area contributed by atoms with Gasteiger partial charge in [0, 0.05) is 25.2 Å². The predicted molar refractivity (Wildman–Crippen MR) is 83.6 cm³/mol. The summed E-state index contributed by atoms with van der Waals surface area (Å²) in [6, 6.07) is 5.95. The first-order valence-corrected chi connectivity index (χ1v) is 7.71. The van der Waals surface area contributed by atoms with Crippen molar-refractivity contribution in [1.82, 2.24) is 4.90 Å². The number of hydrogen-bond donors (Lipinski definition) is 1. The van der Waals surface area contributed by atoms with Gasteiger partial charge in [-0.25, -0.2) is 0 Å². The van der Waals surface area contributed by atoms with E-state index in [4.69, 9.17) is 9.47 Å². The predicted octanol–water partition coefficient (Wildman–Crippen LogP) is 2.75. The Morgan fingerprint density at radius 3 is 2.81 bits per heavy atom. The van der Waals surface area contributed by atoms with Crippen molar-refractivity contribution in [2.24, 2.45) is 0 Å². The SMILES string of the molecule is CCOc1ccc(C(C)O)cc1CN1CCOC(C)(C)C1. The van der Waals surface area contributed by atoms with Crippen molar-refractivity contribution in [2.75, 3.05) is 26.3 Å². The molecule has 1 unspecified atom stereocenters. The largest absolute Gasteiger partial charge is 0.494 e. The lowest BCUT2D eigenvalue weighted by molar-refractivity contribution is -0.0884. The quantitative estimate of drug-likeness (QED) is 0.906. The Balaban J connectivity index is 2.18. The monoisotopic (exact) mass is 293 g/mol. The lowest BCUT2D eigenvalue weighted by Gasteiger charge is -2.38. The van der Waals surface area contributed by atoms with Crippen LogP contribution in [0.4, 0.5) is 0 Å². The fraction of sp³-hybridized carbons (Fsp3) is 0.647. The number of nitrogens with zero attached hydrogens (tertiary/aromatic N) is 1. The van der Waals surface area contributed by atoms with E-state index >= 15 is 0 Å². The van der Waals surface area contributed by atoms with Crippen LogP contribution < -0.4 is 4.74 Å². The standard InChI is InChI=1S/C17H27NO3/c1-5-20-16-7-6-14(13(2)19)10-15(16)11-18-8-9-21-17(3,4)12-18/h6-7,10,13,19H,5,8-9,11-12H2,1-4H3. The highest BCUT2D eigenvalue weighted by Crippen LogP contribution is 2.27. The highest BCUT2D eigenvalue weighted by molar-refractivity contribution is 5.38. The van der Waals surface area contributed by atoms with E-state index in [1.807, 2.05) is 19.1 Å². The molecule has 0 aliphatic carbocycles.